The molecule has 0 atom stereocenters. The third kappa shape index (κ3) is 5.23. The summed E-state index contributed by atoms with van der Waals surface area (Å²) in [6.07, 6.45) is 2.28. The summed E-state index contributed by atoms with van der Waals surface area (Å²) in [6.45, 7) is 7.10. The fourth-order valence-electron chi connectivity index (χ4n) is 1.46. The second-order valence-corrected chi connectivity index (χ2v) is 7.68. The minimum atomic E-state index is -3.66. The van der Waals surface area contributed by atoms with Crippen molar-refractivity contribution < 1.29 is 17.9 Å². The first-order valence-corrected chi connectivity index (χ1v) is 7.92. The number of ether oxygens (including phenoxy) is 1. The molecule has 0 unspecified atom stereocenters. The topological polar surface area (TPSA) is 63.7 Å². The molecular formula is C15H21NO4S. The number of sulfonamides is 1. The second kappa shape index (κ2) is 6.30. The van der Waals surface area contributed by atoms with Crippen LogP contribution in [0.5, 0.6) is 0 Å². The van der Waals surface area contributed by atoms with E-state index in [1.807, 2.05) is 6.92 Å². The van der Waals surface area contributed by atoms with E-state index < -0.39 is 21.6 Å². The van der Waals surface area contributed by atoms with E-state index >= 15 is 0 Å². The molecule has 0 aliphatic carbocycles. The van der Waals surface area contributed by atoms with Gasteiger partial charge in [-0.2, -0.15) is 0 Å². The zero-order valence-corrected chi connectivity index (χ0v) is 13.8. The molecule has 0 aliphatic rings. The van der Waals surface area contributed by atoms with Crippen molar-refractivity contribution in [3.05, 3.63) is 42.1 Å². The van der Waals surface area contributed by atoms with Crippen LogP contribution in [0.25, 0.3) is 0 Å². The highest BCUT2D eigenvalue weighted by molar-refractivity contribution is 7.89. The van der Waals surface area contributed by atoms with Crippen LogP contribution in [0.3, 0.4) is 0 Å². The van der Waals surface area contributed by atoms with Crippen molar-refractivity contribution in [2.75, 3.05) is 7.05 Å². The van der Waals surface area contributed by atoms with E-state index in [4.69, 9.17) is 4.74 Å². The first-order chi connectivity index (χ1) is 9.52. The standard InChI is InChI=1S/C15H21NO4S/c1-12-6-8-13(9-7-12)21(18,19)16(5)11-10-14(17)20-15(2,3)4/h6-11H,1-5H3/b11-10+. The Bertz CT molecular complexity index is 625. The average molecular weight is 311 g/mol. The Labute approximate surface area is 126 Å². The van der Waals surface area contributed by atoms with Gasteiger partial charge < -0.3 is 4.74 Å². The zero-order valence-electron chi connectivity index (χ0n) is 13.0. The van der Waals surface area contributed by atoms with Crippen LogP contribution in [0.4, 0.5) is 0 Å². The van der Waals surface area contributed by atoms with Crippen LogP contribution < -0.4 is 0 Å². The molecular weight excluding hydrogens is 290 g/mol. The monoisotopic (exact) mass is 311 g/mol. The fraction of sp³-hybridized carbons (Fsp3) is 0.400. The molecule has 0 saturated heterocycles. The molecule has 0 fully saturated rings. The van der Waals surface area contributed by atoms with Gasteiger partial charge >= 0.3 is 5.97 Å². The number of hydrogen-bond donors (Lipinski definition) is 0. The fourth-order valence-corrected chi connectivity index (χ4v) is 2.49. The van der Waals surface area contributed by atoms with E-state index in [0.717, 1.165) is 15.9 Å². The summed E-state index contributed by atoms with van der Waals surface area (Å²) in [5.74, 6) is -0.589. The van der Waals surface area contributed by atoms with E-state index in [1.54, 1.807) is 32.9 Å². The van der Waals surface area contributed by atoms with Crippen LogP contribution in [0, 0.1) is 6.92 Å². The van der Waals surface area contributed by atoms with Crippen LogP contribution >= 0.6 is 0 Å². The molecule has 0 saturated carbocycles. The number of carbonyl (C=O) groups excluding carboxylic acids is 1. The van der Waals surface area contributed by atoms with Gasteiger partial charge in [0.05, 0.1) is 4.90 Å². The lowest BCUT2D eigenvalue weighted by Crippen LogP contribution is -2.24. The number of benzene rings is 1. The molecule has 0 aliphatic heterocycles. The molecule has 1 aromatic rings. The number of hydrogen-bond acceptors (Lipinski definition) is 4. The van der Waals surface area contributed by atoms with Crippen LogP contribution in [-0.2, 0) is 19.6 Å². The maximum absolute atomic E-state index is 12.3. The van der Waals surface area contributed by atoms with E-state index in [9.17, 15) is 13.2 Å². The lowest BCUT2D eigenvalue weighted by molar-refractivity contribution is -0.148. The van der Waals surface area contributed by atoms with E-state index in [1.165, 1.54) is 25.4 Å². The quantitative estimate of drug-likeness (QED) is 0.633. The highest BCUT2D eigenvalue weighted by atomic mass is 32.2. The first-order valence-electron chi connectivity index (χ1n) is 6.48. The molecule has 0 spiro atoms. The van der Waals surface area contributed by atoms with Gasteiger partial charge in [-0.1, -0.05) is 17.7 Å². The van der Waals surface area contributed by atoms with E-state index in [0.29, 0.717) is 0 Å². The van der Waals surface area contributed by atoms with Crippen LogP contribution in [0.2, 0.25) is 0 Å². The van der Waals surface area contributed by atoms with E-state index in [-0.39, 0.29) is 4.90 Å². The predicted octanol–water partition coefficient (Wildman–Crippen LogP) is 2.47. The average Bonchev–Trinajstić information content (AvgIpc) is 2.34. The Balaban J connectivity index is 2.85. The maximum atomic E-state index is 12.3. The van der Waals surface area contributed by atoms with E-state index in [2.05, 4.69) is 0 Å². The summed E-state index contributed by atoms with van der Waals surface area (Å²) >= 11 is 0. The molecule has 116 valence electrons. The van der Waals surface area contributed by atoms with Crippen LogP contribution in [0.15, 0.2) is 41.4 Å². The van der Waals surface area contributed by atoms with Crippen molar-refractivity contribution in [3.8, 4) is 0 Å². The molecule has 0 N–H and O–H groups in total. The molecule has 21 heavy (non-hydrogen) atoms. The number of rotatable bonds is 4. The molecule has 1 aromatic carbocycles. The van der Waals surface area contributed by atoms with Crippen molar-refractivity contribution in [2.45, 2.75) is 38.2 Å². The number of esters is 1. The zero-order chi connectivity index (χ0) is 16.3. The van der Waals surface area contributed by atoms with Crippen molar-refractivity contribution in [2.24, 2.45) is 0 Å². The summed E-state index contributed by atoms with van der Waals surface area (Å²) in [5, 5.41) is 0. The van der Waals surface area contributed by atoms with Gasteiger partial charge in [0.25, 0.3) is 10.0 Å². The first kappa shape index (κ1) is 17.2. The number of aryl methyl sites for hydroxylation is 1. The largest absolute Gasteiger partial charge is 0.457 e. The van der Waals surface area contributed by atoms with Gasteiger partial charge in [0.2, 0.25) is 0 Å². The Morgan fingerprint density at radius 3 is 2.19 bits per heavy atom. The Morgan fingerprint density at radius 1 is 1.19 bits per heavy atom. The van der Waals surface area contributed by atoms with Crippen molar-refractivity contribution in [1.82, 2.24) is 4.31 Å². The predicted molar refractivity (Wildman–Crippen MR) is 81.1 cm³/mol. The minimum absolute atomic E-state index is 0.171. The van der Waals surface area contributed by atoms with Gasteiger partial charge in [-0.15, -0.1) is 0 Å². The van der Waals surface area contributed by atoms with Crippen LogP contribution in [-0.4, -0.2) is 31.3 Å². The molecule has 0 radical (unpaired) electrons. The smallest absolute Gasteiger partial charge is 0.332 e. The van der Waals surface area contributed by atoms with Crippen molar-refractivity contribution >= 4 is 16.0 Å². The minimum Gasteiger partial charge on any atom is -0.457 e. The normalized spacial score (nSPS) is 12.4. The van der Waals surface area contributed by atoms with Crippen molar-refractivity contribution in [1.29, 1.82) is 0 Å². The van der Waals surface area contributed by atoms with Gasteiger partial charge in [-0.05, 0) is 39.8 Å². The summed E-state index contributed by atoms with van der Waals surface area (Å²) in [4.78, 5) is 11.7. The van der Waals surface area contributed by atoms with Gasteiger partial charge in [-0.25, -0.2) is 13.2 Å². The highest BCUT2D eigenvalue weighted by Crippen LogP contribution is 2.15. The molecule has 0 amide bonds. The number of carbonyl (C=O) groups is 1. The summed E-state index contributed by atoms with van der Waals surface area (Å²) in [7, 11) is -2.29. The van der Waals surface area contributed by atoms with Crippen molar-refractivity contribution in [3.63, 3.8) is 0 Å². The molecule has 0 heterocycles. The molecule has 0 bridgehead atoms. The number of nitrogens with zero attached hydrogens (tertiary/aromatic N) is 1. The molecule has 6 heteroatoms. The SMILES string of the molecule is Cc1ccc(S(=O)(=O)N(C)/C=C/C(=O)OC(C)(C)C)cc1. The Kier molecular flexibility index (Phi) is 5.17. The molecule has 0 aromatic heterocycles. The van der Waals surface area contributed by atoms with Crippen LogP contribution in [0.1, 0.15) is 26.3 Å². The van der Waals surface area contributed by atoms with Gasteiger partial charge in [0.15, 0.2) is 0 Å². The highest BCUT2D eigenvalue weighted by Gasteiger charge is 2.19. The van der Waals surface area contributed by atoms with Gasteiger partial charge in [0, 0.05) is 19.3 Å². The third-order valence-electron chi connectivity index (χ3n) is 2.53. The maximum Gasteiger partial charge on any atom is 0.332 e. The second-order valence-electron chi connectivity index (χ2n) is 5.68. The summed E-state index contributed by atoms with van der Waals surface area (Å²) in [6, 6.07) is 6.50. The Hall–Kier alpha value is -1.82. The summed E-state index contributed by atoms with van der Waals surface area (Å²) < 4.78 is 30.6. The third-order valence-corrected chi connectivity index (χ3v) is 4.27. The van der Waals surface area contributed by atoms with Gasteiger partial charge in [-0.3, -0.25) is 4.31 Å². The Morgan fingerprint density at radius 2 is 1.71 bits per heavy atom. The summed E-state index contributed by atoms with van der Waals surface area (Å²) in [5.41, 5.74) is 0.358. The molecule has 5 nitrogen and oxygen atoms in total. The van der Waals surface area contributed by atoms with Gasteiger partial charge in [0.1, 0.15) is 5.60 Å². The molecule has 1 rings (SSSR count). The lowest BCUT2D eigenvalue weighted by Gasteiger charge is -2.19. The lowest BCUT2D eigenvalue weighted by atomic mass is 10.2.